The fourth-order valence-electron chi connectivity index (χ4n) is 7.07. The SMILES string of the molecule is C=CCN(C(=O)[C@@H]1[C@@H]2CCC3(O2)C(C(=O)N(CC=C)C(C)CCC)N(CCCO)C(=O)[C@H]13)c1ccc(OCC)cc1. The highest BCUT2D eigenvalue weighted by molar-refractivity contribution is 6.03. The number of ether oxygens (including phenoxy) is 2. The first-order valence-electron chi connectivity index (χ1n) is 14.9. The summed E-state index contributed by atoms with van der Waals surface area (Å²) < 4.78 is 12.2. The van der Waals surface area contributed by atoms with Crippen LogP contribution in [0.2, 0.25) is 0 Å². The number of amides is 3. The van der Waals surface area contributed by atoms with E-state index in [0.29, 0.717) is 43.9 Å². The van der Waals surface area contributed by atoms with Crippen molar-refractivity contribution in [1.29, 1.82) is 0 Å². The monoisotopic (exact) mass is 567 g/mol. The molecule has 0 radical (unpaired) electrons. The third-order valence-corrected chi connectivity index (χ3v) is 8.76. The molecule has 3 unspecified atom stereocenters. The highest BCUT2D eigenvalue weighted by Crippen LogP contribution is 2.59. The second kappa shape index (κ2) is 13.2. The Labute approximate surface area is 243 Å². The summed E-state index contributed by atoms with van der Waals surface area (Å²) in [6, 6.07) is 6.39. The number of carbonyl (C=O) groups excluding carboxylic acids is 3. The molecule has 41 heavy (non-hydrogen) atoms. The van der Waals surface area contributed by atoms with Crippen LogP contribution in [0.25, 0.3) is 0 Å². The van der Waals surface area contributed by atoms with Crippen LogP contribution in [0.4, 0.5) is 5.69 Å². The van der Waals surface area contributed by atoms with Gasteiger partial charge < -0.3 is 29.3 Å². The lowest BCUT2D eigenvalue weighted by Gasteiger charge is -2.39. The number of hydrogen-bond donors (Lipinski definition) is 1. The minimum Gasteiger partial charge on any atom is -0.494 e. The van der Waals surface area contributed by atoms with Crippen molar-refractivity contribution >= 4 is 23.4 Å². The Morgan fingerprint density at radius 3 is 2.51 bits per heavy atom. The van der Waals surface area contributed by atoms with E-state index in [0.717, 1.165) is 12.8 Å². The van der Waals surface area contributed by atoms with Gasteiger partial charge in [0.1, 0.15) is 17.4 Å². The maximum Gasteiger partial charge on any atom is 0.248 e. The maximum atomic E-state index is 14.3. The molecule has 3 aliphatic rings. The van der Waals surface area contributed by atoms with E-state index >= 15 is 0 Å². The smallest absolute Gasteiger partial charge is 0.248 e. The second-order valence-corrected chi connectivity index (χ2v) is 11.2. The number of rotatable bonds is 15. The molecule has 1 N–H and O–H groups in total. The number of carbonyl (C=O) groups is 3. The van der Waals surface area contributed by atoms with E-state index in [1.165, 1.54) is 0 Å². The van der Waals surface area contributed by atoms with Gasteiger partial charge >= 0.3 is 0 Å². The molecule has 3 heterocycles. The highest BCUT2D eigenvalue weighted by Gasteiger charge is 2.74. The van der Waals surface area contributed by atoms with Crippen molar-refractivity contribution in [3.63, 3.8) is 0 Å². The third kappa shape index (κ3) is 5.54. The Morgan fingerprint density at radius 1 is 1.20 bits per heavy atom. The first-order chi connectivity index (χ1) is 19.8. The highest BCUT2D eigenvalue weighted by atomic mass is 16.5. The van der Waals surface area contributed by atoms with Crippen molar-refractivity contribution in [2.24, 2.45) is 11.8 Å². The van der Waals surface area contributed by atoms with Crippen molar-refractivity contribution in [3.05, 3.63) is 49.6 Å². The summed E-state index contributed by atoms with van der Waals surface area (Å²) in [5, 5.41) is 9.62. The van der Waals surface area contributed by atoms with E-state index in [9.17, 15) is 19.5 Å². The molecule has 1 aromatic carbocycles. The van der Waals surface area contributed by atoms with Crippen molar-refractivity contribution in [1.82, 2.24) is 9.80 Å². The molecule has 3 saturated heterocycles. The zero-order valence-corrected chi connectivity index (χ0v) is 24.7. The fourth-order valence-corrected chi connectivity index (χ4v) is 7.07. The Bertz CT molecular complexity index is 1120. The van der Waals surface area contributed by atoms with E-state index in [1.54, 1.807) is 26.9 Å². The van der Waals surface area contributed by atoms with Crippen LogP contribution < -0.4 is 9.64 Å². The average Bonchev–Trinajstić information content (AvgIpc) is 3.61. The van der Waals surface area contributed by atoms with Gasteiger partial charge in [0.05, 0.1) is 24.5 Å². The van der Waals surface area contributed by atoms with Gasteiger partial charge in [0.2, 0.25) is 17.7 Å². The van der Waals surface area contributed by atoms with E-state index in [4.69, 9.17) is 9.47 Å². The largest absolute Gasteiger partial charge is 0.494 e. The number of anilines is 1. The number of aliphatic hydroxyl groups is 1. The van der Waals surface area contributed by atoms with Crippen LogP contribution in [-0.2, 0) is 19.1 Å². The van der Waals surface area contributed by atoms with Crippen LogP contribution in [0.5, 0.6) is 5.75 Å². The zero-order chi connectivity index (χ0) is 29.7. The number of hydrogen-bond acceptors (Lipinski definition) is 6. The molecule has 3 aliphatic heterocycles. The number of fused-ring (bicyclic) bond motifs is 1. The molecule has 0 aromatic heterocycles. The quantitative estimate of drug-likeness (QED) is 0.326. The number of likely N-dealkylation sites (tertiary alicyclic amines) is 1. The van der Waals surface area contributed by atoms with E-state index in [2.05, 4.69) is 20.1 Å². The Kier molecular flexibility index (Phi) is 9.92. The molecule has 9 nitrogen and oxygen atoms in total. The van der Waals surface area contributed by atoms with Gasteiger partial charge in [0.15, 0.2) is 0 Å². The summed E-state index contributed by atoms with van der Waals surface area (Å²) in [4.78, 5) is 47.8. The topological polar surface area (TPSA) is 99.6 Å². The summed E-state index contributed by atoms with van der Waals surface area (Å²) in [5.74, 6) is -1.43. The van der Waals surface area contributed by atoms with Gasteiger partial charge in [-0.1, -0.05) is 25.5 Å². The number of aliphatic hydroxyl groups excluding tert-OH is 1. The predicted molar refractivity (Wildman–Crippen MR) is 157 cm³/mol. The van der Waals surface area contributed by atoms with Gasteiger partial charge in [0.25, 0.3) is 0 Å². The summed E-state index contributed by atoms with van der Waals surface area (Å²) in [6.45, 7) is 15.0. The van der Waals surface area contributed by atoms with Gasteiger partial charge in [-0.3, -0.25) is 14.4 Å². The Morgan fingerprint density at radius 2 is 1.90 bits per heavy atom. The summed E-state index contributed by atoms with van der Waals surface area (Å²) in [6.07, 6.45) is 6.09. The van der Waals surface area contributed by atoms with Crippen LogP contribution >= 0.6 is 0 Å². The van der Waals surface area contributed by atoms with Gasteiger partial charge in [-0.2, -0.15) is 0 Å². The van der Waals surface area contributed by atoms with E-state index < -0.39 is 29.6 Å². The first kappa shape index (κ1) is 30.8. The molecule has 1 spiro atoms. The minimum absolute atomic E-state index is 0.0467. The van der Waals surface area contributed by atoms with Crippen molar-refractivity contribution < 1.29 is 29.0 Å². The molecule has 3 amide bonds. The van der Waals surface area contributed by atoms with E-state index in [1.807, 2.05) is 38.1 Å². The van der Waals surface area contributed by atoms with Crippen LogP contribution in [0.3, 0.4) is 0 Å². The zero-order valence-electron chi connectivity index (χ0n) is 24.7. The molecule has 0 saturated carbocycles. The normalized spacial score (nSPS) is 26.9. The lowest BCUT2D eigenvalue weighted by molar-refractivity contribution is -0.149. The summed E-state index contributed by atoms with van der Waals surface area (Å²) in [7, 11) is 0. The first-order valence-corrected chi connectivity index (χ1v) is 14.9. The van der Waals surface area contributed by atoms with Gasteiger partial charge in [-0.25, -0.2) is 0 Å². The number of benzene rings is 1. The fraction of sp³-hybridized carbons (Fsp3) is 0.594. The van der Waals surface area contributed by atoms with Gasteiger partial charge in [-0.05, 0) is 63.8 Å². The third-order valence-electron chi connectivity index (χ3n) is 8.76. The molecule has 224 valence electrons. The average molecular weight is 568 g/mol. The van der Waals surface area contributed by atoms with Crippen LogP contribution in [0, 0.1) is 11.8 Å². The number of nitrogens with zero attached hydrogens (tertiary/aromatic N) is 3. The maximum absolute atomic E-state index is 14.3. The molecular formula is C32H45N3O6. The van der Waals surface area contributed by atoms with Gasteiger partial charge in [0, 0.05) is 38.0 Å². The Balaban J connectivity index is 1.71. The van der Waals surface area contributed by atoms with Crippen molar-refractivity contribution in [2.75, 3.05) is 37.7 Å². The minimum atomic E-state index is -1.08. The van der Waals surface area contributed by atoms with Crippen molar-refractivity contribution in [2.45, 2.75) is 76.7 Å². The van der Waals surface area contributed by atoms with Crippen LogP contribution in [0.1, 0.15) is 52.9 Å². The molecule has 2 bridgehead atoms. The second-order valence-electron chi connectivity index (χ2n) is 11.2. The summed E-state index contributed by atoms with van der Waals surface area (Å²) in [5.41, 5.74) is -0.408. The summed E-state index contributed by atoms with van der Waals surface area (Å²) >= 11 is 0. The molecular weight excluding hydrogens is 522 g/mol. The Hall–Kier alpha value is -3.17. The molecule has 1 aromatic rings. The van der Waals surface area contributed by atoms with Crippen molar-refractivity contribution in [3.8, 4) is 5.75 Å². The standard InChI is InChI=1S/C32H45N3O6/c1-6-11-22(5)33(18-7-2)31(39)28-32-17-16-25(41-32)26(27(32)30(38)35(28)20-10-21-36)29(37)34(19-8-3)23-12-14-24(15-13-23)40-9-4/h7-8,12-15,22,25-28,36H,2-3,6,9-11,16-21H2,1,4-5H3/t22?,25-,26+,27-,28?,32?/m0/s1. The molecule has 0 aliphatic carbocycles. The predicted octanol–water partition coefficient (Wildman–Crippen LogP) is 3.56. The van der Waals surface area contributed by atoms with Gasteiger partial charge in [-0.15, -0.1) is 13.2 Å². The van der Waals surface area contributed by atoms with E-state index in [-0.39, 0.29) is 43.5 Å². The molecule has 4 rings (SSSR count). The molecule has 6 atom stereocenters. The van der Waals surface area contributed by atoms with Crippen LogP contribution in [-0.4, -0.2) is 89.3 Å². The lowest BCUT2D eigenvalue weighted by atomic mass is 9.70. The molecule has 3 fully saturated rings. The van der Waals surface area contributed by atoms with Crippen LogP contribution in [0.15, 0.2) is 49.6 Å². The molecule has 9 heteroatoms. The lowest BCUT2D eigenvalue weighted by Crippen LogP contribution is -2.58.